The van der Waals surface area contributed by atoms with E-state index in [2.05, 4.69) is 40.3 Å². The van der Waals surface area contributed by atoms with Crippen LogP contribution in [0.4, 0.5) is 5.69 Å². The monoisotopic (exact) mass is 342 g/mol. The molecule has 0 saturated carbocycles. The van der Waals surface area contributed by atoms with E-state index < -0.39 is 0 Å². The van der Waals surface area contributed by atoms with Gasteiger partial charge in [0.25, 0.3) is 5.91 Å². The molecule has 1 saturated heterocycles. The fourth-order valence-corrected chi connectivity index (χ4v) is 3.32. The molecular formula is C19H26N4O2. The van der Waals surface area contributed by atoms with Crippen LogP contribution >= 0.6 is 0 Å². The van der Waals surface area contributed by atoms with Crippen LogP contribution in [0, 0.1) is 0 Å². The number of anilines is 1. The lowest BCUT2D eigenvalue weighted by Crippen LogP contribution is -2.48. The summed E-state index contributed by atoms with van der Waals surface area (Å²) in [6.07, 6.45) is 3.65. The number of carbonyl (C=O) groups excluding carboxylic acids is 1. The second-order valence-corrected chi connectivity index (χ2v) is 6.81. The average molecular weight is 342 g/mol. The number of rotatable bonds is 5. The van der Waals surface area contributed by atoms with Gasteiger partial charge in [-0.2, -0.15) is 5.10 Å². The minimum atomic E-state index is -0.0463. The van der Waals surface area contributed by atoms with Gasteiger partial charge in [0.15, 0.2) is 0 Å². The SMILES string of the molecule is COc1cccc(N2CCC[C@H](NC(=O)c3cn[nH]c3C(C)C)C2)c1. The molecular weight excluding hydrogens is 316 g/mol. The zero-order chi connectivity index (χ0) is 17.8. The summed E-state index contributed by atoms with van der Waals surface area (Å²) in [4.78, 5) is 14.9. The van der Waals surface area contributed by atoms with Crippen LogP contribution in [0.1, 0.15) is 48.7 Å². The standard InChI is InChI=1S/C19H26N4O2/c1-13(2)18-17(11-20-22-18)19(24)21-14-6-5-9-23(12-14)15-7-4-8-16(10-15)25-3/h4,7-8,10-11,13-14H,5-6,9,12H2,1-3H3,(H,20,22)(H,21,24)/t14-/m0/s1. The molecule has 1 aliphatic rings. The first kappa shape index (κ1) is 17.3. The molecule has 1 aromatic heterocycles. The lowest BCUT2D eigenvalue weighted by molar-refractivity contribution is 0.0932. The van der Waals surface area contributed by atoms with Crippen LogP contribution in [0.2, 0.25) is 0 Å². The van der Waals surface area contributed by atoms with E-state index >= 15 is 0 Å². The van der Waals surface area contributed by atoms with Gasteiger partial charge >= 0.3 is 0 Å². The maximum absolute atomic E-state index is 12.6. The van der Waals surface area contributed by atoms with Crippen LogP contribution < -0.4 is 15.0 Å². The molecule has 0 radical (unpaired) electrons. The second kappa shape index (κ2) is 7.59. The first-order chi connectivity index (χ1) is 12.1. The number of piperidine rings is 1. The summed E-state index contributed by atoms with van der Waals surface area (Å²) in [5.74, 6) is 1.04. The van der Waals surface area contributed by atoms with Crippen molar-refractivity contribution < 1.29 is 9.53 Å². The fourth-order valence-electron chi connectivity index (χ4n) is 3.32. The highest BCUT2D eigenvalue weighted by molar-refractivity contribution is 5.95. The third kappa shape index (κ3) is 3.95. The third-order valence-corrected chi connectivity index (χ3v) is 4.67. The summed E-state index contributed by atoms with van der Waals surface area (Å²) in [6.45, 7) is 5.89. The number of amides is 1. The molecule has 2 N–H and O–H groups in total. The summed E-state index contributed by atoms with van der Waals surface area (Å²) in [5.41, 5.74) is 2.66. The van der Waals surface area contributed by atoms with Crippen molar-refractivity contribution in [3.63, 3.8) is 0 Å². The number of hydrogen-bond donors (Lipinski definition) is 2. The maximum atomic E-state index is 12.6. The van der Waals surface area contributed by atoms with Gasteiger partial charge in [-0.05, 0) is 30.9 Å². The second-order valence-electron chi connectivity index (χ2n) is 6.81. The predicted molar refractivity (Wildman–Crippen MR) is 98.4 cm³/mol. The number of hydrogen-bond acceptors (Lipinski definition) is 4. The Kier molecular flexibility index (Phi) is 5.26. The Labute approximate surface area is 148 Å². The molecule has 6 nitrogen and oxygen atoms in total. The lowest BCUT2D eigenvalue weighted by atomic mass is 10.0. The van der Waals surface area contributed by atoms with Crippen molar-refractivity contribution in [2.45, 2.75) is 38.6 Å². The van der Waals surface area contributed by atoms with E-state index in [0.29, 0.717) is 5.56 Å². The van der Waals surface area contributed by atoms with Crippen LogP contribution in [0.3, 0.4) is 0 Å². The number of methoxy groups -OCH3 is 1. The Morgan fingerprint density at radius 3 is 3.04 bits per heavy atom. The molecule has 2 aromatic rings. The Bertz CT molecular complexity index is 726. The van der Waals surface area contributed by atoms with Crippen molar-refractivity contribution in [3.05, 3.63) is 41.7 Å². The summed E-state index contributed by atoms with van der Waals surface area (Å²) in [7, 11) is 1.68. The van der Waals surface area contributed by atoms with Crippen molar-refractivity contribution in [2.24, 2.45) is 0 Å². The van der Waals surface area contributed by atoms with Gasteiger partial charge in [-0.25, -0.2) is 0 Å². The molecule has 0 bridgehead atoms. The van der Waals surface area contributed by atoms with Crippen molar-refractivity contribution in [1.29, 1.82) is 0 Å². The fraction of sp³-hybridized carbons (Fsp3) is 0.474. The zero-order valence-electron chi connectivity index (χ0n) is 15.1. The number of nitrogens with zero attached hydrogens (tertiary/aromatic N) is 2. The quantitative estimate of drug-likeness (QED) is 0.876. The number of nitrogens with one attached hydrogen (secondary N) is 2. The molecule has 134 valence electrons. The number of benzene rings is 1. The van der Waals surface area contributed by atoms with Crippen molar-refractivity contribution in [2.75, 3.05) is 25.1 Å². The Morgan fingerprint density at radius 1 is 1.44 bits per heavy atom. The topological polar surface area (TPSA) is 70.2 Å². The summed E-state index contributed by atoms with van der Waals surface area (Å²) >= 11 is 0. The molecule has 0 aliphatic carbocycles. The summed E-state index contributed by atoms with van der Waals surface area (Å²) in [5, 5.41) is 10.1. The molecule has 3 rings (SSSR count). The first-order valence-electron chi connectivity index (χ1n) is 8.81. The lowest BCUT2D eigenvalue weighted by Gasteiger charge is -2.35. The molecule has 25 heavy (non-hydrogen) atoms. The zero-order valence-corrected chi connectivity index (χ0v) is 15.1. The van der Waals surface area contributed by atoms with E-state index in [0.717, 1.165) is 43.1 Å². The Balaban J connectivity index is 1.67. The van der Waals surface area contributed by atoms with Crippen LogP contribution in [0.5, 0.6) is 5.75 Å². The normalized spacial score (nSPS) is 17.6. The van der Waals surface area contributed by atoms with Gasteiger partial charge in [-0.1, -0.05) is 19.9 Å². The van der Waals surface area contributed by atoms with Crippen LogP contribution in [0.25, 0.3) is 0 Å². The Morgan fingerprint density at radius 2 is 2.28 bits per heavy atom. The third-order valence-electron chi connectivity index (χ3n) is 4.67. The molecule has 1 atom stereocenters. The van der Waals surface area contributed by atoms with Crippen molar-refractivity contribution >= 4 is 11.6 Å². The van der Waals surface area contributed by atoms with E-state index in [4.69, 9.17) is 4.74 Å². The van der Waals surface area contributed by atoms with Crippen LogP contribution in [0.15, 0.2) is 30.5 Å². The van der Waals surface area contributed by atoms with Crippen molar-refractivity contribution in [1.82, 2.24) is 15.5 Å². The van der Waals surface area contributed by atoms with Gasteiger partial charge in [0, 0.05) is 30.9 Å². The highest BCUT2D eigenvalue weighted by Gasteiger charge is 2.24. The van der Waals surface area contributed by atoms with Crippen molar-refractivity contribution in [3.8, 4) is 5.75 Å². The highest BCUT2D eigenvalue weighted by atomic mass is 16.5. The molecule has 1 fully saturated rings. The highest BCUT2D eigenvalue weighted by Crippen LogP contribution is 2.24. The summed E-state index contributed by atoms with van der Waals surface area (Å²) in [6, 6.07) is 8.19. The van der Waals surface area contributed by atoms with E-state index in [1.807, 2.05) is 18.2 Å². The predicted octanol–water partition coefficient (Wildman–Crippen LogP) is 2.94. The van der Waals surface area contributed by atoms with Crippen LogP contribution in [-0.2, 0) is 0 Å². The molecule has 6 heteroatoms. The molecule has 2 heterocycles. The van der Waals surface area contributed by atoms with Gasteiger partial charge in [0.05, 0.1) is 24.6 Å². The average Bonchev–Trinajstić information content (AvgIpc) is 3.12. The number of H-pyrrole nitrogens is 1. The van der Waals surface area contributed by atoms with Crippen LogP contribution in [-0.4, -0.2) is 42.3 Å². The molecule has 1 aliphatic heterocycles. The van der Waals surface area contributed by atoms with E-state index in [1.54, 1.807) is 13.3 Å². The van der Waals surface area contributed by atoms with Gasteiger partial charge in [-0.15, -0.1) is 0 Å². The Hall–Kier alpha value is -2.50. The molecule has 1 aromatic carbocycles. The number of carbonyl (C=O) groups is 1. The van der Waals surface area contributed by atoms with Gasteiger partial charge in [0.1, 0.15) is 5.75 Å². The molecule has 1 amide bonds. The number of aromatic nitrogens is 2. The maximum Gasteiger partial charge on any atom is 0.255 e. The largest absolute Gasteiger partial charge is 0.497 e. The minimum absolute atomic E-state index is 0.0463. The first-order valence-corrected chi connectivity index (χ1v) is 8.81. The summed E-state index contributed by atoms with van der Waals surface area (Å²) < 4.78 is 5.31. The molecule has 0 unspecified atom stereocenters. The number of ether oxygens (including phenoxy) is 1. The van der Waals surface area contributed by atoms with Gasteiger partial charge < -0.3 is 15.0 Å². The van der Waals surface area contributed by atoms with E-state index in [1.165, 1.54) is 0 Å². The van der Waals surface area contributed by atoms with Gasteiger partial charge in [-0.3, -0.25) is 9.89 Å². The smallest absolute Gasteiger partial charge is 0.255 e. The minimum Gasteiger partial charge on any atom is -0.497 e. The molecule has 0 spiro atoms. The van der Waals surface area contributed by atoms with Gasteiger partial charge in [0.2, 0.25) is 0 Å². The number of aromatic amines is 1. The van der Waals surface area contributed by atoms with E-state index in [9.17, 15) is 4.79 Å². The van der Waals surface area contributed by atoms with E-state index in [-0.39, 0.29) is 17.9 Å².